The molecule has 0 aliphatic carbocycles. The van der Waals surface area contributed by atoms with Gasteiger partial charge >= 0.3 is 0 Å². The van der Waals surface area contributed by atoms with Crippen molar-refractivity contribution >= 4 is 5.82 Å². The van der Waals surface area contributed by atoms with Gasteiger partial charge in [0.05, 0.1) is 6.04 Å². The van der Waals surface area contributed by atoms with Gasteiger partial charge in [-0.3, -0.25) is 0 Å². The summed E-state index contributed by atoms with van der Waals surface area (Å²) in [5, 5.41) is 0. The van der Waals surface area contributed by atoms with E-state index in [-0.39, 0.29) is 11.6 Å². The number of anilines is 1. The third-order valence-electron chi connectivity index (χ3n) is 3.96. The Bertz CT molecular complexity index is 369. The summed E-state index contributed by atoms with van der Waals surface area (Å²) in [6.45, 7) is 6.32. The molecule has 0 spiro atoms. The van der Waals surface area contributed by atoms with Crippen LogP contribution >= 0.6 is 0 Å². The molecule has 0 aromatic carbocycles. The number of likely N-dealkylation sites (N-methyl/N-ethyl adjacent to an activating group) is 1. The first-order valence-corrected chi connectivity index (χ1v) is 5.98. The lowest BCUT2D eigenvalue weighted by Crippen LogP contribution is -2.49. The third-order valence-corrected chi connectivity index (χ3v) is 3.96. The van der Waals surface area contributed by atoms with E-state index >= 15 is 0 Å². The molecule has 0 aliphatic rings. The van der Waals surface area contributed by atoms with Crippen LogP contribution in [0.5, 0.6) is 0 Å². The summed E-state index contributed by atoms with van der Waals surface area (Å²) in [7, 11) is 4.09. The molecule has 4 heteroatoms. The average Bonchev–Trinajstić information content (AvgIpc) is 2.27. The standard InChI is InChI=1S/C13H24N4/c1-6-13(3,17(4)5)11(14)10-9(2)7-8-16-12(10)15/h7-8,11H,6,14H2,1-5H3,(H2,15,16). The fourth-order valence-corrected chi connectivity index (χ4v) is 2.12. The predicted molar refractivity (Wildman–Crippen MR) is 72.7 cm³/mol. The van der Waals surface area contributed by atoms with Crippen LogP contribution in [-0.2, 0) is 0 Å². The molecule has 4 N–H and O–H groups in total. The molecule has 0 bridgehead atoms. The molecule has 0 radical (unpaired) electrons. The lowest BCUT2D eigenvalue weighted by Gasteiger charge is -2.41. The normalized spacial score (nSPS) is 16.9. The van der Waals surface area contributed by atoms with Crippen LogP contribution in [0, 0.1) is 6.92 Å². The molecule has 2 atom stereocenters. The highest BCUT2D eigenvalue weighted by atomic mass is 15.2. The molecule has 96 valence electrons. The Morgan fingerprint density at radius 3 is 2.47 bits per heavy atom. The summed E-state index contributed by atoms with van der Waals surface area (Å²) >= 11 is 0. The molecule has 4 nitrogen and oxygen atoms in total. The third kappa shape index (κ3) is 2.42. The molecule has 1 rings (SSSR count). The van der Waals surface area contributed by atoms with Crippen molar-refractivity contribution in [2.75, 3.05) is 19.8 Å². The van der Waals surface area contributed by atoms with Gasteiger partial charge in [0.2, 0.25) is 0 Å². The van der Waals surface area contributed by atoms with Gasteiger partial charge in [0.1, 0.15) is 5.82 Å². The van der Waals surface area contributed by atoms with Gasteiger partial charge in [-0.2, -0.15) is 0 Å². The minimum absolute atomic E-state index is 0.123. The van der Waals surface area contributed by atoms with Crippen LogP contribution in [-0.4, -0.2) is 29.5 Å². The van der Waals surface area contributed by atoms with Crippen molar-refractivity contribution in [2.24, 2.45) is 5.73 Å². The number of rotatable bonds is 4. The van der Waals surface area contributed by atoms with Gasteiger partial charge in [0, 0.05) is 17.3 Å². The lowest BCUT2D eigenvalue weighted by atomic mass is 9.83. The maximum Gasteiger partial charge on any atom is 0.128 e. The smallest absolute Gasteiger partial charge is 0.128 e. The molecule has 0 amide bonds. The van der Waals surface area contributed by atoms with Crippen molar-refractivity contribution < 1.29 is 0 Å². The Morgan fingerprint density at radius 2 is 2.06 bits per heavy atom. The molecule has 1 aromatic heterocycles. The molecular weight excluding hydrogens is 212 g/mol. The van der Waals surface area contributed by atoms with Crippen molar-refractivity contribution in [3.05, 3.63) is 23.4 Å². The first-order valence-electron chi connectivity index (χ1n) is 5.98. The van der Waals surface area contributed by atoms with E-state index in [1.807, 2.05) is 27.1 Å². The highest BCUT2D eigenvalue weighted by molar-refractivity contribution is 5.47. The minimum atomic E-state index is -0.142. The Morgan fingerprint density at radius 1 is 1.47 bits per heavy atom. The summed E-state index contributed by atoms with van der Waals surface area (Å²) in [4.78, 5) is 6.30. The fraction of sp³-hybridized carbons (Fsp3) is 0.615. The maximum absolute atomic E-state index is 6.42. The monoisotopic (exact) mass is 236 g/mol. The zero-order valence-corrected chi connectivity index (χ0v) is 11.5. The first-order chi connectivity index (χ1) is 7.84. The Kier molecular flexibility index (Phi) is 4.11. The highest BCUT2D eigenvalue weighted by Crippen LogP contribution is 2.34. The number of hydrogen-bond acceptors (Lipinski definition) is 4. The zero-order chi connectivity index (χ0) is 13.2. The van der Waals surface area contributed by atoms with E-state index in [9.17, 15) is 0 Å². The van der Waals surface area contributed by atoms with E-state index in [1.165, 1.54) is 0 Å². The zero-order valence-electron chi connectivity index (χ0n) is 11.5. The van der Waals surface area contributed by atoms with E-state index < -0.39 is 0 Å². The number of nitrogens with two attached hydrogens (primary N) is 2. The minimum Gasteiger partial charge on any atom is -0.383 e. The molecule has 2 unspecified atom stereocenters. The van der Waals surface area contributed by atoms with Gasteiger partial charge in [-0.1, -0.05) is 6.92 Å². The van der Waals surface area contributed by atoms with E-state index in [4.69, 9.17) is 11.5 Å². The van der Waals surface area contributed by atoms with Gasteiger partial charge < -0.3 is 16.4 Å². The number of aromatic nitrogens is 1. The van der Waals surface area contributed by atoms with Crippen LogP contribution in [0.3, 0.4) is 0 Å². The van der Waals surface area contributed by atoms with Crippen molar-refractivity contribution in [1.29, 1.82) is 0 Å². The van der Waals surface area contributed by atoms with Crippen molar-refractivity contribution in [1.82, 2.24) is 9.88 Å². The molecule has 0 aliphatic heterocycles. The Hall–Kier alpha value is -1.13. The van der Waals surface area contributed by atoms with Gasteiger partial charge in [-0.15, -0.1) is 0 Å². The van der Waals surface area contributed by atoms with Crippen molar-refractivity contribution in [3.8, 4) is 0 Å². The highest BCUT2D eigenvalue weighted by Gasteiger charge is 2.35. The summed E-state index contributed by atoms with van der Waals surface area (Å²) in [6.07, 6.45) is 2.68. The van der Waals surface area contributed by atoms with Crippen molar-refractivity contribution in [3.63, 3.8) is 0 Å². The maximum atomic E-state index is 6.42. The van der Waals surface area contributed by atoms with Gasteiger partial charge in [0.15, 0.2) is 0 Å². The molecular formula is C13H24N4. The number of hydrogen-bond donors (Lipinski definition) is 2. The number of nitrogens with zero attached hydrogens (tertiary/aromatic N) is 2. The van der Waals surface area contributed by atoms with Crippen LogP contribution in [0.4, 0.5) is 5.82 Å². The lowest BCUT2D eigenvalue weighted by molar-refractivity contribution is 0.132. The summed E-state index contributed by atoms with van der Waals surface area (Å²) < 4.78 is 0. The molecule has 0 saturated heterocycles. The summed E-state index contributed by atoms with van der Waals surface area (Å²) in [5.74, 6) is 0.541. The first kappa shape index (κ1) is 13.9. The number of aryl methyl sites for hydroxylation is 1. The molecule has 0 fully saturated rings. The van der Waals surface area contributed by atoms with E-state index in [1.54, 1.807) is 6.20 Å². The Balaban J connectivity index is 3.24. The van der Waals surface area contributed by atoms with Crippen LogP contribution < -0.4 is 11.5 Å². The fourth-order valence-electron chi connectivity index (χ4n) is 2.12. The van der Waals surface area contributed by atoms with Crippen molar-refractivity contribution in [2.45, 2.75) is 38.8 Å². The average molecular weight is 236 g/mol. The van der Waals surface area contributed by atoms with Crippen LogP contribution in [0.15, 0.2) is 12.3 Å². The molecule has 1 heterocycles. The van der Waals surface area contributed by atoms with E-state index in [0.29, 0.717) is 5.82 Å². The summed E-state index contributed by atoms with van der Waals surface area (Å²) in [6, 6.07) is 1.81. The molecule has 1 aromatic rings. The van der Waals surface area contributed by atoms with Crippen LogP contribution in [0.25, 0.3) is 0 Å². The van der Waals surface area contributed by atoms with Crippen LogP contribution in [0.2, 0.25) is 0 Å². The molecule has 0 saturated carbocycles. The summed E-state index contributed by atoms with van der Waals surface area (Å²) in [5.41, 5.74) is 14.3. The topological polar surface area (TPSA) is 68.2 Å². The van der Waals surface area contributed by atoms with Gasteiger partial charge in [0.25, 0.3) is 0 Å². The SMILES string of the molecule is CCC(C)(C(N)c1c(C)ccnc1N)N(C)C. The van der Waals surface area contributed by atoms with E-state index in [2.05, 4.69) is 23.7 Å². The number of pyridine rings is 1. The van der Waals surface area contributed by atoms with Crippen LogP contribution in [0.1, 0.15) is 37.4 Å². The largest absolute Gasteiger partial charge is 0.383 e. The number of nitrogen functional groups attached to an aromatic ring is 1. The van der Waals surface area contributed by atoms with E-state index in [0.717, 1.165) is 17.5 Å². The predicted octanol–water partition coefficient (Wildman–Crippen LogP) is 1.70. The molecule has 17 heavy (non-hydrogen) atoms. The van der Waals surface area contributed by atoms with Gasteiger partial charge in [-0.05, 0) is 46.0 Å². The second kappa shape index (κ2) is 5.02. The Labute approximate surface area is 104 Å². The van der Waals surface area contributed by atoms with Gasteiger partial charge in [-0.25, -0.2) is 4.98 Å². The second-order valence-electron chi connectivity index (χ2n) is 5.01. The second-order valence-corrected chi connectivity index (χ2v) is 5.01. The quantitative estimate of drug-likeness (QED) is 0.835.